The fourth-order valence-corrected chi connectivity index (χ4v) is 1.78. The first-order valence-corrected chi connectivity index (χ1v) is 6.15. The van der Waals surface area contributed by atoms with Crippen LogP contribution in [0.15, 0.2) is 42.6 Å². The Kier molecular flexibility index (Phi) is 4.33. The van der Waals surface area contributed by atoms with Crippen molar-refractivity contribution in [1.29, 1.82) is 0 Å². The van der Waals surface area contributed by atoms with Crippen LogP contribution in [-0.2, 0) is 19.6 Å². The fourth-order valence-electron chi connectivity index (χ4n) is 1.78. The molecule has 1 aromatic carbocycles. The molecule has 0 radical (unpaired) electrons. The van der Waals surface area contributed by atoms with Gasteiger partial charge in [-0.25, -0.2) is 0 Å². The molecule has 0 saturated carbocycles. The Morgan fingerprint density at radius 3 is 2.71 bits per heavy atom. The van der Waals surface area contributed by atoms with Gasteiger partial charge in [-0.05, 0) is 18.1 Å². The molecule has 0 fully saturated rings. The maximum atomic E-state index is 4.49. The van der Waals surface area contributed by atoms with Gasteiger partial charge in [0.2, 0.25) is 0 Å². The van der Waals surface area contributed by atoms with Crippen LogP contribution in [0.2, 0.25) is 0 Å². The summed E-state index contributed by atoms with van der Waals surface area (Å²) in [5.41, 5.74) is 2.41. The lowest BCUT2D eigenvalue weighted by Gasteiger charge is -2.02. The topological polar surface area (TPSA) is 29.9 Å². The second kappa shape index (κ2) is 6.21. The van der Waals surface area contributed by atoms with E-state index in [4.69, 9.17) is 0 Å². The molecule has 0 aliphatic heterocycles. The lowest BCUT2D eigenvalue weighted by atomic mass is 10.2. The molecule has 1 aromatic heterocycles. The van der Waals surface area contributed by atoms with Crippen molar-refractivity contribution in [3.05, 3.63) is 53.9 Å². The molecule has 0 saturated heterocycles. The van der Waals surface area contributed by atoms with Crippen LogP contribution in [0.25, 0.3) is 0 Å². The van der Waals surface area contributed by atoms with Gasteiger partial charge in [0.25, 0.3) is 0 Å². The standard InChI is InChI=1S/C14H19N3/c1-2-9-17-10-8-14(16-17)12-15-11-13-6-4-3-5-7-13/h3-8,10,15H,2,9,11-12H2,1H3. The van der Waals surface area contributed by atoms with E-state index in [1.807, 2.05) is 16.9 Å². The van der Waals surface area contributed by atoms with Gasteiger partial charge < -0.3 is 5.32 Å². The molecule has 0 aliphatic carbocycles. The van der Waals surface area contributed by atoms with Crippen LogP contribution in [0.4, 0.5) is 0 Å². The number of hydrogen-bond acceptors (Lipinski definition) is 2. The molecule has 2 aromatic rings. The number of rotatable bonds is 6. The number of nitrogens with one attached hydrogen (secondary N) is 1. The van der Waals surface area contributed by atoms with Crippen molar-refractivity contribution in [2.45, 2.75) is 33.0 Å². The van der Waals surface area contributed by atoms with Crippen molar-refractivity contribution in [3.8, 4) is 0 Å². The number of aromatic nitrogens is 2. The van der Waals surface area contributed by atoms with Crippen LogP contribution in [0.1, 0.15) is 24.6 Å². The molecule has 0 unspecified atom stereocenters. The van der Waals surface area contributed by atoms with Crippen LogP contribution >= 0.6 is 0 Å². The molecule has 1 heterocycles. The van der Waals surface area contributed by atoms with Gasteiger partial charge in [0.1, 0.15) is 0 Å². The first-order valence-electron chi connectivity index (χ1n) is 6.15. The van der Waals surface area contributed by atoms with Gasteiger partial charge in [0.05, 0.1) is 5.69 Å². The van der Waals surface area contributed by atoms with Crippen LogP contribution in [0, 0.1) is 0 Å². The third-order valence-corrected chi connectivity index (χ3v) is 2.63. The van der Waals surface area contributed by atoms with Crippen molar-refractivity contribution < 1.29 is 0 Å². The number of hydrogen-bond donors (Lipinski definition) is 1. The van der Waals surface area contributed by atoms with Crippen molar-refractivity contribution in [1.82, 2.24) is 15.1 Å². The fraction of sp³-hybridized carbons (Fsp3) is 0.357. The van der Waals surface area contributed by atoms with Gasteiger partial charge in [-0.2, -0.15) is 5.10 Å². The minimum atomic E-state index is 0.825. The lowest BCUT2D eigenvalue weighted by molar-refractivity contribution is 0.582. The highest BCUT2D eigenvalue weighted by atomic mass is 15.3. The second-order valence-electron chi connectivity index (χ2n) is 4.16. The lowest BCUT2D eigenvalue weighted by Crippen LogP contribution is -2.13. The molecular weight excluding hydrogens is 210 g/mol. The molecule has 0 atom stereocenters. The van der Waals surface area contributed by atoms with E-state index in [2.05, 4.69) is 47.7 Å². The molecular formula is C14H19N3. The maximum absolute atomic E-state index is 4.49. The van der Waals surface area contributed by atoms with Crippen LogP contribution in [-0.4, -0.2) is 9.78 Å². The van der Waals surface area contributed by atoms with E-state index in [1.165, 1.54) is 5.56 Å². The Bertz CT molecular complexity index is 434. The predicted molar refractivity (Wildman–Crippen MR) is 69.5 cm³/mol. The highest BCUT2D eigenvalue weighted by Gasteiger charge is 1.98. The SMILES string of the molecule is CCCn1ccc(CNCc2ccccc2)n1. The smallest absolute Gasteiger partial charge is 0.0762 e. The normalized spacial score (nSPS) is 10.6. The minimum Gasteiger partial charge on any atom is -0.307 e. The first-order chi connectivity index (χ1) is 8.38. The summed E-state index contributed by atoms with van der Waals surface area (Å²) in [4.78, 5) is 0. The molecule has 1 N–H and O–H groups in total. The van der Waals surface area contributed by atoms with E-state index in [0.717, 1.165) is 31.7 Å². The molecule has 3 nitrogen and oxygen atoms in total. The zero-order valence-electron chi connectivity index (χ0n) is 10.3. The Hall–Kier alpha value is -1.61. The molecule has 17 heavy (non-hydrogen) atoms. The Morgan fingerprint density at radius 1 is 1.12 bits per heavy atom. The summed E-state index contributed by atoms with van der Waals surface area (Å²) in [5, 5.41) is 7.88. The summed E-state index contributed by atoms with van der Waals surface area (Å²) < 4.78 is 2.00. The Morgan fingerprint density at radius 2 is 1.94 bits per heavy atom. The van der Waals surface area contributed by atoms with Crippen molar-refractivity contribution in [2.24, 2.45) is 0 Å². The average molecular weight is 229 g/mol. The Labute approximate surface area is 102 Å². The van der Waals surface area contributed by atoms with E-state index in [1.54, 1.807) is 0 Å². The summed E-state index contributed by atoms with van der Waals surface area (Å²) in [6.45, 7) is 4.88. The van der Waals surface area contributed by atoms with Gasteiger partial charge in [-0.15, -0.1) is 0 Å². The van der Waals surface area contributed by atoms with Gasteiger partial charge >= 0.3 is 0 Å². The quantitative estimate of drug-likeness (QED) is 0.825. The second-order valence-corrected chi connectivity index (χ2v) is 4.16. The number of nitrogens with zero attached hydrogens (tertiary/aromatic N) is 2. The van der Waals surface area contributed by atoms with Crippen LogP contribution in [0.3, 0.4) is 0 Å². The minimum absolute atomic E-state index is 0.825. The van der Waals surface area contributed by atoms with Crippen LogP contribution in [0.5, 0.6) is 0 Å². The van der Waals surface area contributed by atoms with E-state index < -0.39 is 0 Å². The summed E-state index contributed by atoms with van der Waals surface area (Å²) in [6, 6.07) is 12.5. The van der Waals surface area contributed by atoms with Gasteiger partial charge in [0.15, 0.2) is 0 Å². The molecule has 3 heteroatoms. The van der Waals surface area contributed by atoms with Crippen LogP contribution < -0.4 is 5.32 Å². The highest BCUT2D eigenvalue weighted by molar-refractivity contribution is 5.14. The molecule has 0 amide bonds. The third-order valence-electron chi connectivity index (χ3n) is 2.63. The summed E-state index contributed by atoms with van der Waals surface area (Å²) in [6.07, 6.45) is 3.17. The van der Waals surface area contributed by atoms with Gasteiger partial charge in [0, 0.05) is 25.8 Å². The molecule has 2 rings (SSSR count). The Balaban J connectivity index is 1.78. The highest BCUT2D eigenvalue weighted by Crippen LogP contribution is 2.00. The van der Waals surface area contributed by atoms with Crippen molar-refractivity contribution >= 4 is 0 Å². The van der Waals surface area contributed by atoms with E-state index in [-0.39, 0.29) is 0 Å². The predicted octanol–water partition coefficient (Wildman–Crippen LogP) is 2.58. The summed E-state index contributed by atoms with van der Waals surface area (Å²) in [7, 11) is 0. The average Bonchev–Trinajstić information content (AvgIpc) is 2.79. The monoisotopic (exact) mass is 229 g/mol. The largest absolute Gasteiger partial charge is 0.307 e. The van der Waals surface area contributed by atoms with Gasteiger partial charge in [-0.3, -0.25) is 4.68 Å². The molecule has 0 spiro atoms. The zero-order valence-corrected chi connectivity index (χ0v) is 10.3. The summed E-state index contributed by atoms with van der Waals surface area (Å²) in [5.74, 6) is 0. The number of aryl methyl sites for hydroxylation is 1. The van der Waals surface area contributed by atoms with E-state index >= 15 is 0 Å². The van der Waals surface area contributed by atoms with Gasteiger partial charge in [-0.1, -0.05) is 37.3 Å². The number of benzene rings is 1. The molecule has 0 bridgehead atoms. The van der Waals surface area contributed by atoms with E-state index in [0.29, 0.717) is 0 Å². The molecule has 90 valence electrons. The zero-order chi connectivity index (χ0) is 11.9. The van der Waals surface area contributed by atoms with Crippen molar-refractivity contribution in [3.63, 3.8) is 0 Å². The molecule has 0 aliphatic rings. The first kappa shape index (κ1) is 11.9. The summed E-state index contributed by atoms with van der Waals surface area (Å²) >= 11 is 0. The third kappa shape index (κ3) is 3.71. The maximum Gasteiger partial charge on any atom is 0.0762 e. The van der Waals surface area contributed by atoms with Crippen molar-refractivity contribution in [2.75, 3.05) is 0 Å². The van der Waals surface area contributed by atoms with E-state index in [9.17, 15) is 0 Å².